The molecule has 0 aromatic rings. The summed E-state index contributed by atoms with van der Waals surface area (Å²) in [5.74, 6) is 0. The molecule has 0 aromatic heterocycles. The lowest BCUT2D eigenvalue weighted by molar-refractivity contribution is 0.0591. The summed E-state index contributed by atoms with van der Waals surface area (Å²) in [4.78, 5) is 2.60. The lowest BCUT2D eigenvalue weighted by Gasteiger charge is -2.43. The molecule has 1 heteroatoms. The number of nitrogens with zero attached hydrogens (tertiary/aromatic N) is 1. The fraction of sp³-hybridized carbons (Fsp3) is 1.00. The maximum absolute atomic E-state index is 2.60. The third-order valence-corrected chi connectivity index (χ3v) is 3.07. The van der Waals surface area contributed by atoms with Crippen LogP contribution in [0, 0.1) is 5.41 Å². The lowest BCUT2D eigenvalue weighted by atomic mass is 9.81. The van der Waals surface area contributed by atoms with Crippen LogP contribution in [-0.4, -0.2) is 23.5 Å². The van der Waals surface area contributed by atoms with Crippen LogP contribution in [0.5, 0.6) is 0 Å². The topological polar surface area (TPSA) is 3.24 Å². The van der Waals surface area contributed by atoms with Crippen molar-refractivity contribution in [1.29, 1.82) is 0 Å². The van der Waals surface area contributed by atoms with Crippen molar-refractivity contribution in [2.75, 3.05) is 13.1 Å². The maximum atomic E-state index is 2.60. The fourth-order valence-electron chi connectivity index (χ4n) is 1.78. The Bertz CT molecular complexity index is 143. The first-order valence-corrected chi connectivity index (χ1v) is 7.06. The van der Waals surface area contributed by atoms with Gasteiger partial charge >= 0.3 is 0 Å². The first kappa shape index (κ1) is 18.3. The van der Waals surface area contributed by atoms with E-state index in [2.05, 4.69) is 39.5 Å². The average molecular weight is 229 g/mol. The predicted molar refractivity (Wildman–Crippen MR) is 77.0 cm³/mol. The van der Waals surface area contributed by atoms with Gasteiger partial charge < -0.3 is 0 Å². The summed E-state index contributed by atoms with van der Waals surface area (Å²) in [6.07, 6.45) is 2.70. The summed E-state index contributed by atoms with van der Waals surface area (Å²) in [5, 5.41) is 0. The molecule has 0 unspecified atom stereocenters. The fourth-order valence-corrected chi connectivity index (χ4v) is 1.78. The van der Waals surface area contributed by atoms with Gasteiger partial charge in [0.1, 0.15) is 0 Å². The Labute approximate surface area is 105 Å². The Hall–Kier alpha value is -0.0400. The van der Waals surface area contributed by atoms with Crippen molar-refractivity contribution in [3.8, 4) is 0 Å². The summed E-state index contributed by atoms with van der Waals surface area (Å²) < 4.78 is 0. The molecular formula is C15H35N. The summed E-state index contributed by atoms with van der Waals surface area (Å²) in [6, 6.07) is 0. The summed E-state index contributed by atoms with van der Waals surface area (Å²) in [6.45, 7) is 22.2. The van der Waals surface area contributed by atoms with E-state index in [0.717, 1.165) is 0 Å². The molecular weight excluding hydrogens is 194 g/mol. The molecule has 0 spiro atoms. The molecule has 0 atom stereocenters. The molecule has 1 saturated heterocycles. The molecule has 0 bridgehead atoms. The van der Waals surface area contributed by atoms with Gasteiger partial charge in [-0.1, -0.05) is 41.5 Å². The molecule has 0 aromatic carbocycles. The van der Waals surface area contributed by atoms with E-state index < -0.39 is 0 Å². The predicted octanol–water partition coefficient (Wildman–Crippen LogP) is 4.96. The van der Waals surface area contributed by atoms with E-state index in [9.17, 15) is 0 Å². The molecule has 1 rings (SSSR count). The van der Waals surface area contributed by atoms with Gasteiger partial charge in [-0.2, -0.15) is 0 Å². The van der Waals surface area contributed by atoms with Crippen LogP contribution in [0.3, 0.4) is 0 Å². The second kappa shape index (κ2) is 8.11. The van der Waals surface area contributed by atoms with Crippen LogP contribution in [0.2, 0.25) is 0 Å². The molecule has 100 valence electrons. The highest BCUT2D eigenvalue weighted by molar-refractivity contribution is 4.84. The van der Waals surface area contributed by atoms with Crippen LogP contribution < -0.4 is 0 Å². The van der Waals surface area contributed by atoms with Gasteiger partial charge in [0.05, 0.1) is 0 Å². The number of piperidine rings is 1. The Balaban J connectivity index is 0. The molecule has 0 amide bonds. The monoisotopic (exact) mass is 229 g/mol. The molecule has 0 saturated carbocycles. The van der Waals surface area contributed by atoms with E-state index in [4.69, 9.17) is 0 Å². The SMILES string of the molecule is CC.CC.CC1(C)CCN(C(C)(C)C)CC1. The Kier molecular flexibility index (Phi) is 9.29. The van der Waals surface area contributed by atoms with Gasteiger partial charge in [0.25, 0.3) is 0 Å². The zero-order valence-corrected chi connectivity index (χ0v) is 13.3. The van der Waals surface area contributed by atoms with Gasteiger partial charge in [-0.25, -0.2) is 0 Å². The molecule has 1 aliphatic rings. The number of likely N-dealkylation sites (tertiary alicyclic amines) is 1. The van der Waals surface area contributed by atoms with E-state index in [0.29, 0.717) is 11.0 Å². The molecule has 16 heavy (non-hydrogen) atoms. The van der Waals surface area contributed by atoms with E-state index in [1.54, 1.807) is 0 Å². The van der Waals surface area contributed by atoms with Crippen molar-refractivity contribution in [3.05, 3.63) is 0 Å². The van der Waals surface area contributed by atoms with E-state index in [1.807, 2.05) is 27.7 Å². The first-order valence-electron chi connectivity index (χ1n) is 7.06. The molecule has 0 N–H and O–H groups in total. The van der Waals surface area contributed by atoms with Gasteiger partial charge in [0.2, 0.25) is 0 Å². The van der Waals surface area contributed by atoms with Crippen molar-refractivity contribution < 1.29 is 0 Å². The second-order valence-corrected chi connectivity index (χ2v) is 5.82. The van der Waals surface area contributed by atoms with E-state index in [1.165, 1.54) is 25.9 Å². The summed E-state index contributed by atoms with van der Waals surface area (Å²) in [5.41, 5.74) is 0.957. The van der Waals surface area contributed by atoms with Gasteiger partial charge in [-0.05, 0) is 52.1 Å². The van der Waals surface area contributed by atoms with Crippen molar-refractivity contribution in [2.45, 2.75) is 80.7 Å². The van der Waals surface area contributed by atoms with E-state index >= 15 is 0 Å². The zero-order valence-electron chi connectivity index (χ0n) is 13.3. The molecule has 1 heterocycles. The molecule has 1 fully saturated rings. The molecule has 0 aliphatic carbocycles. The summed E-state index contributed by atoms with van der Waals surface area (Å²) in [7, 11) is 0. The Morgan fingerprint density at radius 3 is 1.38 bits per heavy atom. The van der Waals surface area contributed by atoms with Gasteiger partial charge in [-0.15, -0.1) is 0 Å². The van der Waals surface area contributed by atoms with Crippen LogP contribution in [-0.2, 0) is 0 Å². The minimum absolute atomic E-state index is 0.372. The van der Waals surface area contributed by atoms with Crippen molar-refractivity contribution in [3.63, 3.8) is 0 Å². The molecule has 0 radical (unpaired) electrons. The van der Waals surface area contributed by atoms with Crippen LogP contribution in [0.1, 0.15) is 75.2 Å². The van der Waals surface area contributed by atoms with Gasteiger partial charge in [0.15, 0.2) is 0 Å². The Morgan fingerprint density at radius 2 is 1.12 bits per heavy atom. The smallest absolute Gasteiger partial charge is 0.0125 e. The van der Waals surface area contributed by atoms with Crippen molar-refractivity contribution in [2.24, 2.45) is 5.41 Å². The highest BCUT2D eigenvalue weighted by atomic mass is 15.2. The number of hydrogen-bond donors (Lipinski definition) is 0. The highest BCUT2D eigenvalue weighted by Crippen LogP contribution is 2.32. The lowest BCUT2D eigenvalue weighted by Crippen LogP contribution is -2.47. The minimum Gasteiger partial charge on any atom is -0.298 e. The van der Waals surface area contributed by atoms with Crippen LogP contribution in [0.4, 0.5) is 0 Å². The number of rotatable bonds is 0. The molecule has 1 nitrogen and oxygen atoms in total. The normalized spacial score (nSPS) is 20.1. The van der Waals surface area contributed by atoms with Crippen molar-refractivity contribution >= 4 is 0 Å². The minimum atomic E-state index is 0.372. The van der Waals surface area contributed by atoms with Crippen LogP contribution in [0.25, 0.3) is 0 Å². The standard InChI is InChI=1S/C11H23N.2C2H6/c1-10(2,3)12-8-6-11(4,5)7-9-12;2*1-2/h6-9H2,1-5H3;2*1-2H3. The Morgan fingerprint density at radius 1 is 0.812 bits per heavy atom. The number of hydrogen-bond acceptors (Lipinski definition) is 1. The third kappa shape index (κ3) is 7.27. The van der Waals surface area contributed by atoms with Crippen LogP contribution in [0.15, 0.2) is 0 Å². The van der Waals surface area contributed by atoms with Crippen LogP contribution >= 0.6 is 0 Å². The zero-order chi connectivity index (χ0) is 13.4. The summed E-state index contributed by atoms with van der Waals surface area (Å²) >= 11 is 0. The van der Waals surface area contributed by atoms with E-state index in [-0.39, 0.29) is 0 Å². The van der Waals surface area contributed by atoms with Crippen molar-refractivity contribution in [1.82, 2.24) is 4.90 Å². The quantitative estimate of drug-likeness (QED) is 0.567. The maximum Gasteiger partial charge on any atom is 0.0125 e. The van der Waals surface area contributed by atoms with Gasteiger partial charge in [0, 0.05) is 5.54 Å². The first-order chi connectivity index (χ1) is 7.31. The second-order valence-electron chi connectivity index (χ2n) is 5.82. The molecule has 1 aliphatic heterocycles. The highest BCUT2D eigenvalue weighted by Gasteiger charge is 2.30. The average Bonchev–Trinajstić information content (AvgIpc) is 2.22. The largest absolute Gasteiger partial charge is 0.298 e. The van der Waals surface area contributed by atoms with Gasteiger partial charge in [-0.3, -0.25) is 4.90 Å². The third-order valence-electron chi connectivity index (χ3n) is 3.07.